The molecule has 0 saturated carbocycles. The Labute approximate surface area is 121 Å². The van der Waals surface area contributed by atoms with E-state index in [1.807, 2.05) is 19.9 Å². The topological polar surface area (TPSA) is 65.8 Å². The zero-order valence-corrected chi connectivity index (χ0v) is 13.5. The van der Waals surface area contributed by atoms with Gasteiger partial charge in [-0.3, -0.25) is 0 Å². The van der Waals surface area contributed by atoms with Gasteiger partial charge in [0.25, 0.3) is 10.2 Å². The molecule has 7 heteroatoms. The van der Waals surface area contributed by atoms with Crippen molar-refractivity contribution in [2.24, 2.45) is 0 Å². The maximum absolute atomic E-state index is 12.3. The summed E-state index contributed by atoms with van der Waals surface area (Å²) in [6.07, 6.45) is 0.789. The van der Waals surface area contributed by atoms with Crippen LogP contribution in [0.25, 0.3) is 0 Å². The van der Waals surface area contributed by atoms with Gasteiger partial charge in [0, 0.05) is 20.6 Å². The smallest absolute Gasteiger partial charge is 0.281 e. The van der Waals surface area contributed by atoms with Crippen LogP contribution in [-0.4, -0.2) is 50.8 Å². The molecule has 1 aromatic heterocycles. The first-order valence-electron chi connectivity index (χ1n) is 6.81. The van der Waals surface area contributed by atoms with Gasteiger partial charge < -0.3 is 9.73 Å². The van der Waals surface area contributed by atoms with Crippen molar-refractivity contribution in [1.29, 1.82) is 0 Å². The Morgan fingerprint density at radius 1 is 1.25 bits per heavy atom. The Kier molecular flexibility index (Phi) is 6.67. The zero-order chi connectivity index (χ0) is 15.2. The molecule has 0 bridgehead atoms. The quantitative estimate of drug-likeness (QED) is 0.696. The number of hydrogen-bond donors (Lipinski definition) is 1. The molecule has 1 aromatic rings. The molecule has 0 aliphatic heterocycles. The summed E-state index contributed by atoms with van der Waals surface area (Å²) in [5.41, 5.74) is 0. The number of nitrogens with zero attached hydrogens (tertiary/aromatic N) is 2. The Bertz CT molecular complexity index is 499. The normalized spacial score (nSPS) is 12.5. The van der Waals surface area contributed by atoms with Gasteiger partial charge in [0.05, 0.1) is 6.54 Å². The van der Waals surface area contributed by atoms with Crippen LogP contribution in [0.1, 0.15) is 24.9 Å². The Morgan fingerprint density at radius 2 is 1.95 bits per heavy atom. The van der Waals surface area contributed by atoms with Crippen LogP contribution in [0.4, 0.5) is 0 Å². The summed E-state index contributed by atoms with van der Waals surface area (Å²) < 4.78 is 32.7. The predicted molar refractivity (Wildman–Crippen MR) is 79.6 cm³/mol. The average Bonchev–Trinajstić information content (AvgIpc) is 2.79. The molecule has 0 fully saturated rings. The third-order valence-electron chi connectivity index (χ3n) is 3.04. The first-order valence-corrected chi connectivity index (χ1v) is 8.21. The summed E-state index contributed by atoms with van der Waals surface area (Å²) in [7, 11) is -0.270. The van der Waals surface area contributed by atoms with Gasteiger partial charge in [-0.25, -0.2) is 0 Å². The van der Waals surface area contributed by atoms with E-state index in [2.05, 4.69) is 5.32 Å². The Hall–Kier alpha value is -0.890. The van der Waals surface area contributed by atoms with Crippen LogP contribution in [0.15, 0.2) is 16.5 Å². The molecular weight excluding hydrogens is 278 g/mol. The molecule has 1 rings (SSSR count). The minimum Gasteiger partial charge on any atom is -0.465 e. The predicted octanol–water partition coefficient (Wildman–Crippen LogP) is 1.20. The molecule has 20 heavy (non-hydrogen) atoms. The fourth-order valence-electron chi connectivity index (χ4n) is 1.83. The van der Waals surface area contributed by atoms with Gasteiger partial charge >= 0.3 is 0 Å². The van der Waals surface area contributed by atoms with Crippen LogP contribution >= 0.6 is 0 Å². The summed E-state index contributed by atoms with van der Waals surface area (Å²) in [6, 6.07) is 3.63. The molecule has 0 aromatic carbocycles. The molecule has 0 atom stereocenters. The van der Waals surface area contributed by atoms with Crippen LogP contribution in [0.2, 0.25) is 0 Å². The summed E-state index contributed by atoms with van der Waals surface area (Å²) in [6.45, 7) is 6.32. The second kappa shape index (κ2) is 7.78. The lowest BCUT2D eigenvalue weighted by molar-refractivity contribution is 0.357. The van der Waals surface area contributed by atoms with Gasteiger partial charge in [-0.1, -0.05) is 6.92 Å². The molecular formula is C13H25N3O3S. The van der Waals surface area contributed by atoms with Crippen molar-refractivity contribution < 1.29 is 12.8 Å². The first-order chi connectivity index (χ1) is 9.37. The van der Waals surface area contributed by atoms with E-state index in [0.717, 1.165) is 25.3 Å². The molecule has 0 radical (unpaired) electrons. The van der Waals surface area contributed by atoms with Gasteiger partial charge in [0.2, 0.25) is 0 Å². The Morgan fingerprint density at radius 3 is 2.50 bits per heavy atom. The molecule has 1 heterocycles. The van der Waals surface area contributed by atoms with Gasteiger partial charge in [-0.2, -0.15) is 17.0 Å². The minimum absolute atomic E-state index is 0.244. The van der Waals surface area contributed by atoms with Gasteiger partial charge in [-0.15, -0.1) is 0 Å². The highest BCUT2D eigenvalue weighted by molar-refractivity contribution is 7.86. The maximum Gasteiger partial charge on any atom is 0.281 e. The molecule has 1 N–H and O–H groups in total. The molecule has 116 valence electrons. The minimum atomic E-state index is -3.44. The number of furan rings is 1. The van der Waals surface area contributed by atoms with Crippen molar-refractivity contribution in [3.63, 3.8) is 0 Å². The molecule has 0 unspecified atom stereocenters. The monoisotopic (exact) mass is 303 g/mol. The number of hydrogen-bond acceptors (Lipinski definition) is 4. The molecule has 0 aliphatic carbocycles. The highest BCUT2D eigenvalue weighted by Gasteiger charge is 2.24. The first kappa shape index (κ1) is 17.2. The summed E-state index contributed by atoms with van der Waals surface area (Å²) in [5.74, 6) is 1.43. The van der Waals surface area contributed by atoms with E-state index >= 15 is 0 Å². The van der Waals surface area contributed by atoms with Crippen molar-refractivity contribution in [3.05, 3.63) is 23.7 Å². The molecule has 0 amide bonds. The van der Waals surface area contributed by atoms with Crippen LogP contribution in [0.3, 0.4) is 0 Å². The van der Waals surface area contributed by atoms with Crippen LogP contribution < -0.4 is 5.32 Å². The highest BCUT2D eigenvalue weighted by Crippen LogP contribution is 2.13. The van der Waals surface area contributed by atoms with E-state index in [0.29, 0.717) is 12.3 Å². The van der Waals surface area contributed by atoms with Gasteiger partial charge in [-0.05, 0) is 38.6 Å². The summed E-state index contributed by atoms with van der Waals surface area (Å²) >= 11 is 0. The number of rotatable bonds is 9. The summed E-state index contributed by atoms with van der Waals surface area (Å²) in [4.78, 5) is 0. The van der Waals surface area contributed by atoms with Gasteiger partial charge in [0.15, 0.2) is 0 Å². The maximum atomic E-state index is 12.3. The van der Waals surface area contributed by atoms with E-state index in [9.17, 15) is 8.42 Å². The van der Waals surface area contributed by atoms with E-state index in [4.69, 9.17) is 4.42 Å². The highest BCUT2D eigenvalue weighted by atomic mass is 32.2. The Balaban J connectivity index is 2.53. The molecule has 0 saturated heterocycles. The van der Waals surface area contributed by atoms with Crippen molar-refractivity contribution in [2.45, 2.75) is 26.8 Å². The van der Waals surface area contributed by atoms with Crippen molar-refractivity contribution in [1.82, 2.24) is 13.9 Å². The van der Waals surface area contributed by atoms with Gasteiger partial charge in [0.1, 0.15) is 11.5 Å². The van der Waals surface area contributed by atoms with Crippen molar-refractivity contribution >= 4 is 10.2 Å². The van der Waals surface area contributed by atoms with Crippen molar-refractivity contribution in [2.75, 3.05) is 33.7 Å². The lowest BCUT2D eigenvalue weighted by atomic mass is 10.4. The lowest BCUT2D eigenvalue weighted by Crippen LogP contribution is -2.40. The molecule has 6 nitrogen and oxygen atoms in total. The zero-order valence-electron chi connectivity index (χ0n) is 12.7. The third-order valence-corrected chi connectivity index (χ3v) is 4.93. The average molecular weight is 303 g/mol. The van der Waals surface area contributed by atoms with E-state index < -0.39 is 10.2 Å². The molecule has 0 aliphatic rings. The van der Waals surface area contributed by atoms with E-state index in [-0.39, 0.29) is 6.54 Å². The fraction of sp³-hybridized carbons (Fsp3) is 0.692. The van der Waals surface area contributed by atoms with Crippen LogP contribution in [0.5, 0.6) is 0 Å². The fourth-order valence-corrected chi connectivity index (χ4v) is 2.95. The van der Waals surface area contributed by atoms with Crippen LogP contribution in [-0.2, 0) is 16.8 Å². The standard InChI is InChI=1S/C13H25N3O3S/c1-5-14-9-6-10-15(3)20(17,18)16(4)11-13-8-7-12(2)19-13/h7-8,14H,5-6,9-11H2,1-4H3. The number of aryl methyl sites for hydroxylation is 1. The second-order valence-electron chi connectivity index (χ2n) is 4.80. The summed E-state index contributed by atoms with van der Waals surface area (Å²) in [5, 5.41) is 3.18. The number of nitrogens with one attached hydrogen (secondary N) is 1. The third kappa shape index (κ3) is 4.90. The lowest BCUT2D eigenvalue weighted by Gasteiger charge is -2.23. The molecule has 0 spiro atoms. The van der Waals surface area contributed by atoms with E-state index in [1.54, 1.807) is 20.2 Å². The SMILES string of the molecule is CCNCCCN(C)S(=O)(=O)N(C)Cc1ccc(C)o1. The van der Waals surface area contributed by atoms with Crippen molar-refractivity contribution in [3.8, 4) is 0 Å². The van der Waals surface area contributed by atoms with Crippen LogP contribution in [0, 0.1) is 6.92 Å². The largest absolute Gasteiger partial charge is 0.465 e. The second-order valence-corrected chi connectivity index (χ2v) is 6.95. The van der Waals surface area contributed by atoms with E-state index in [1.165, 1.54) is 8.61 Å².